The molecule has 0 radical (unpaired) electrons. The second-order valence-corrected chi connectivity index (χ2v) is 5.44. The number of amides is 1. The largest absolute Gasteiger partial charge is 1.00 e. The van der Waals surface area contributed by atoms with Crippen LogP contribution in [0, 0.1) is 0 Å². The van der Waals surface area contributed by atoms with Gasteiger partial charge >= 0.3 is 35.2 Å². The summed E-state index contributed by atoms with van der Waals surface area (Å²) in [6.07, 6.45) is -8.72. The maximum absolute atomic E-state index is 12.8. The molecule has 0 aliphatic carbocycles. The fourth-order valence-electron chi connectivity index (χ4n) is 1.09. The molecule has 0 heterocycles. The van der Waals surface area contributed by atoms with Crippen molar-refractivity contribution in [3.05, 3.63) is 0 Å². The number of nitrogens with zero attached hydrogens (tertiary/aromatic N) is 1. The second kappa shape index (κ2) is 8.69. The molecule has 0 aromatic heterocycles. The predicted octanol–water partition coefficient (Wildman–Crippen LogP) is -5.55. The van der Waals surface area contributed by atoms with Crippen molar-refractivity contribution in [2.75, 3.05) is 6.54 Å². The number of aliphatic hydroxyl groups is 3. The van der Waals surface area contributed by atoms with Gasteiger partial charge in [-0.2, -0.15) is 8.78 Å². The average Bonchev–Trinajstić information content (AvgIpc) is 2.25. The van der Waals surface area contributed by atoms with Gasteiger partial charge < -0.3 is 29.7 Å². The predicted molar refractivity (Wildman–Crippen MR) is 52.0 cm³/mol. The first kappa shape index (κ1) is 22.6. The second-order valence-electron chi connectivity index (χ2n) is 3.74. The van der Waals surface area contributed by atoms with Gasteiger partial charge in [-0.1, -0.05) is 0 Å². The summed E-state index contributed by atoms with van der Waals surface area (Å²) in [5.41, 5.74) is -4.70. The molecule has 13 heteroatoms. The summed E-state index contributed by atoms with van der Waals surface area (Å²) in [4.78, 5) is 28.5. The molecule has 0 aromatic rings. The number of hydrogen-bond donors (Lipinski definition) is 5. The number of halogens is 2. The van der Waals surface area contributed by atoms with Crippen LogP contribution in [0.1, 0.15) is 6.42 Å². The van der Waals surface area contributed by atoms with E-state index < -0.39 is 44.5 Å². The van der Waals surface area contributed by atoms with Crippen molar-refractivity contribution < 1.29 is 78.0 Å². The molecule has 1 amide bonds. The first-order valence-corrected chi connectivity index (χ1v) is 6.37. The fourth-order valence-corrected chi connectivity index (χ4v) is 1.50. The Balaban J connectivity index is 0. The first-order chi connectivity index (χ1) is 8.42. The number of rotatable bonds is 8. The molecule has 0 spiro atoms. The van der Waals surface area contributed by atoms with E-state index >= 15 is 0 Å². The van der Waals surface area contributed by atoms with E-state index in [1.54, 1.807) is 0 Å². The Labute approximate surface area is 134 Å². The van der Waals surface area contributed by atoms with E-state index in [0.717, 1.165) is 0 Å². The van der Waals surface area contributed by atoms with Crippen molar-refractivity contribution in [1.82, 2.24) is 5.06 Å². The summed E-state index contributed by atoms with van der Waals surface area (Å²) in [5, 5.41) is 36.0. The van der Waals surface area contributed by atoms with Gasteiger partial charge in [0.2, 0.25) is 14.0 Å². The summed E-state index contributed by atoms with van der Waals surface area (Å²) >= 11 is 0. The van der Waals surface area contributed by atoms with Crippen molar-refractivity contribution in [3.63, 3.8) is 0 Å². The summed E-state index contributed by atoms with van der Waals surface area (Å²) in [5.74, 6) is 0. The van der Waals surface area contributed by atoms with Gasteiger partial charge in [0.1, 0.15) is 12.2 Å². The standard InChI is InChI=1S/C7H14F2NO8P.Na/c8-7(9,19(16,17)18)1-4(12)6(14)5(13)2-10(15)3-11;/h3-6,12-15H,1-2H2,(H2,16,17,18);/q;+1/p-1/t4-,5+,6-;/m1./s1. The van der Waals surface area contributed by atoms with E-state index in [-0.39, 0.29) is 41.0 Å². The van der Waals surface area contributed by atoms with Gasteiger partial charge in [-0.3, -0.25) is 10.0 Å². The van der Waals surface area contributed by atoms with E-state index in [1.165, 1.54) is 0 Å². The first-order valence-electron chi connectivity index (χ1n) is 4.79. The van der Waals surface area contributed by atoms with Gasteiger partial charge in [-0.25, -0.2) is 5.06 Å². The molecule has 20 heavy (non-hydrogen) atoms. The molecular formula is C7H13F2NNaO8P. The smallest absolute Gasteiger partial charge is 0.774 e. The van der Waals surface area contributed by atoms with Crippen LogP contribution >= 0.6 is 7.60 Å². The van der Waals surface area contributed by atoms with Gasteiger partial charge in [0, 0.05) is 6.42 Å². The van der Waals surface area contributed by atoms with Gasteiger partial charge in [0.25, 0.3) is 0 Å². The summed E-state index contributed by atoms with van der Waals surface area (Å²) < 4.78 is 36.0. The zero-order valence-electron chi connectivity index (χ0n) is 10.3. The van der Waals surface area contributed by atoms with Gasteiger partial charge in [0.05, 0.1) is 12.6 Å². The van der Waals surface area contributed by atoms with Crippen LogP contribution in [0.4, 0.5) is 8.78 Å². The third-order valence-electron chi connectivity index (χ3n) is 2.15. The normalized spacial score (nSPS) is 19.2. The van der Waals surface area contributed by atoms with Crippen molar-refractivity contribution in [2.45, 2.75) is 30.4 Å². The molecule has 0 aliphatic rings. The zero-order chi connectivity index (χ0) is 15.4. The molecule has 114 valence electrons. The SMILES string of the molecule is O=CN(O)C[C@H](O)[C@H](O)[C@H](O)CC(F)(F)P(=O)([O-])O.[Na+]. The number of hydrogen-bond acceptors (Lipinski definition) is 7. The molecule has 5 N–H and O–H groups in total. The molecule has 0 saturated heterocycles. The molecule has 1 unspecified atom stereocenters. The quantitative estimate of drug-likeness (QED) is 0.0967. The van der Waals surface area contributed by atoms with Gasteiger partial charge in [0.15, 0.2) is 0 Å². The molecule has 0 aliphatic heterocycles. The molecule has 4 atom stereocenters. The van der Waals surface area contributed by atoms with Crippen LogP contribution in [0.15, 0.2) is 0 Å². The van der Waals surface area contributed by atoms with Crippen molar-refractivity contribution in [1.29, 1.82) is 0 Å². The van der Waals surface area contributed by atoms with Crippen molar-refractivity contribution in [3.8, 4) is 0 Å². The Kier molecular flexibility index (Phi) is 9.82. The van der Waals surface area contributed by atoms with E-state index in [0.29, 0.717) is 0 Å². The van der Waals surface area contributed by atoms with Gasteiger partial charge in [-0.05, 0) is 0 Å². The van der Waals surface area contributed by atoms with Crippen molar-refractivity contribution >= 4 is 14.0 Å². The summed E-state index contributed by atoms with van der Waals surface area (Å²) in [6.45, 7) is -0.901. The zero-order valence-corrected chi connectivity index (χ0v) is 13.2. The van der Waals surface area contributed by atoms with Crippen LogP contribution in [-0.4, -0.2) is 67.4 Å². The van der Waals surface area contributed by atoms with E-state index in [4.69, 9.17) is 20.3 Å². The van der Waals surface area contributed by atoms with Crippen LogP contribution in [0.3, 0.4) is 0 Å². The number of carbonyl (C=O) groups is 1. The molecule has 9 nitrogen and oxygen atoms in total. The van der Waals surface area contributed by atoms with Crippen LogP contribution in [0.5, 0.6) is 0 Å². The number of alkyl halides is 2. The minimum Gasteiger partial charge on any atom is -0.774 e. The minimum absolute atomic E-state index is 0. The monoisotopic (exact) mass is 331 g/mol. The molecule has 0 rings (SSSR count). The van der Waals surface area contributed by atoms with Crippen LogP contribution in [-0.2, 0) is 9.36 Å². The summed E-state index contributed by atoms with van der Waals surface area (Å²) in [6, 6.07) is 0. The van der Waals surface area contributed by atoms with Gasteiger partial charge in [-0.15, -0.1) is 0 Å². The van der Waals surface area contributed by atoms with Crippen LogP contribution < -0.4 is 34.5 Å². The molecule has 0 saturated carbocycles. The molecule has 0 fully saturated rings. The Morgan fingerprint density at radius 3 is 2.10 bits per heavy atom. The topological polar surface area (TPSA) is 162 Å². The maximum Gasteiger partial charge on any atom is 1.00 e. The third-order valence-corrected chi connectivity index (χ3v) is 3.16. The molecular weight excluding hydrogens is 318 g/mol. The minimum atomic E-state index is -6.08. The van der Waals surface area contributed by atoms with E-state index in [1.807, 2.05) is 0 Å². The Bertz CT molecular complexity index is 356. The van der Waals surface area contributed by atoms with Crippen LogP contribution in [0.2, 0.25) is 0 Å². The number of hydroxylamine groups is 2. The Morgan fingerprint density at radius 1 is 1.30 bits per heavy atom. The maximum atomic E-state index is 12.8. The Morgan fingerprint density at radius 2 is 1.75 bits per heavy atom. The average molecular weight is 331 g/mol. The Hall–Kier alpha value is 0.320. The number of aliphatic hydroxyl groups excluding tert-OH is 3. The van der Waals surface area contributed by atoms with E-state index in [9.17, 15) is 28.1 Å². The van der Waals surface area contributed by atoms with Crippen LogP contribution in [0.25, 0.3) is 0 Å². The molecule has 0 aromatic carbocycles. The fraction of sp³-hybridized carbons (Fsp3) is 0.857. The van der Waals surface area contributed by atoms with E-state index in [2.05, 4.69) is 0 Å². The summed E-state index contributed by atoms with van der Waals surface area (Å²) in [7, 11) is -6.08. The number of carbonyl (C=O) groups excluding carboxylic acids is 1. The van der Waals surface area contributed by atoms with Crippen molar-refractivity contribution in [2.24, 2.45) is 0 Å². The molecule has 0 bridgehead atoms. The third kappa shape index (κ3) is 6.85.